The van der Waals surface area contributed by atoms with Crippen LogP contribution in [-0.4, -0.2) is 31.2 Å². The van der Waals surface area contributed by atoms with E-state index in [2.05, 4.69) is 22.5 Å². The molecule has 0 fully saturated rings. The first-order chi connectivity index (χ1) is 15.6. The number of nitrogens with zero attached hydrogens (tertiary/aromatic N) is 3. The molecule has 1 atom stereocenters. The van der Waals surface area contributed by atoms with E-state index in [9.17, 15) is 14.7 Å². The first kappa shape index (κ1) is 21.5. The van der Waals surface area contributed by atoms with Crippen molar-refractivity contribution in [2.45, 2.75) is 39.0 Å². The normalized spacial score (nSPS) is 12.1. The van der Waals surface area contributed by atoms with Crippen molar-refractivity contribution in [1.82, 2.24) is 19.5 Å². The van der Waals surface area contributed by atoms with Crippen molar-refractivity contribution in [2.24, 2.45) is 0 Å². The van der Waals surface area contributed by atoms with Gasteiger partial charge in [0.1, 0.15) is 12.1 Å². The number of hydrogen-bond acceptors (Lipinski definition) is 4. The van der Waals surface area contributed by atoms with Gasteiger partial charge < -0.3 is 15.0 Å². The van der Waals surface area contributed by atoms with Gasteiger partial charge in [-0.1, -0.05) is 60.7 Å². The zero-order valence-electron chi connectivity index (χ0n) is 17.9. The summed E-state index contributed by atoms with van der Waals surface area (Å²) in [7, 11) is 0. The van der Waals surface area contributed by atoms with Crippen LogP contribution in [0.5, 0.6) is 0 Å². The third-order valence-electron chi connectivity index (χ3n) is 5.50. The molecule has 4 aromatic rings. The number of fused-ring (bicyclic) bond motifs is 1. The van der Waals surface area contributed by atoms with Gasteiger partial charge in [0, 0.05) is 29.6 Å². The summed E-state index contributed by atoms with van der Waals surface area (Å²) in [5.41, 5.74) is 2.96. The lowest BCUT2D eigenvalue weighted by atomic mass is 10.1. The Morgan fingerprint density at radius 1 is 1.06 bits per heavy atom. The average Bonchev–Trinajstić information content (AvgIpc) is 3.20. The Kier molecular flexibility index (Phi) is 6.47. The molecule has 2 aromatic carbocycles. The van der Waals surface area contributed by atoms with Crippen LogP contribution in [0.3, 0.4) is 0 Å². The largest absolute Gasteiger partial charge is 0.392 e. The van der Waals surface area contributed by atoms with Crippen LogP contribution in [0.15, 0.2) is 77.9 Å². The minimum Gasteiger partial charge on any atom is -0.392 e. The number of aromatic nitrogens is 3. The molecular formula is C25H26N4O3. The van der Waals surface area contributed by atoms with Crippen molar-refractivity contribution in [2.75, 3.05) is 0 Å². The number of aliphatic hydroxyl groups is 1. The number of hydrogen-bond donors (Lipinski definition) is 2. The fraction of sp³-hybridized carbons (Fsp3) is 0.240. The van der Waals surface area contributed by atoms with Crippen LogP contribution in [0.4, 0.5) is 0 Å². The number of rotatable bonds is 8. The molecule has 164 valence electrons. The first-order valence-corrected chi connectivity index (χ1v) is 10.7. The second-order valence-electron chi connectivity index (χ2n) is 7.87. The molecule has 1 amide bonds. The Hall–Kier alpha value is -3.71. The maximum Gasteiger partial charge on any atom is 0.277 e. The molecule has 4 rings (SSSR count). The van der Waals surface area contributed by atoms with Crippen molar-refractivity contribution in [3.63, 3.8) is 0 Å². The third kappa shape index (κ3) is 4.63. The summed E-state index contributed by atoms with van der Waals surface area (Å²) in [6.07, 6.45) is 4.86. The summed E-state index contributed by atoms with van der Waals surface area (Å²) in [4.78, 5) is 25.7. The molecule has 2 N–H and O–H groups in total. The van der Waals surface area contributed by atoms with Crippen LogP contribution in [0.25, 0.3) is 16.8 Å². The number of carbonyl (C=O) groups excluding carboxylic acids is 1. The van der Waals surface area contributed by atoms with E-state index < -0.39 is 0 Å². The molecule has 1 unspecified atom stereocenters. The number of aryl methyl sites for hydroxylation is 1. The predicted molar refractivity (Wildman–Crippen MR) is 123 cm³/mol. The van der Waals surface area contributed by atoms with Gasteiger partial charge in [-0.2, -0.15) is 5.10 Å². The number of aliphatic hydroxyl groups excluding tert-OH is 1. The zero-order chi connectivity index (χ0) is 22.5. The maximum absolute atomic E-state index is 13.1. The van der Waals surface area contributed by atoms with Crippen molar-refractivity contribution >= 4 is 11.4 Å². The third-order valence-corrected chi connectivity index (χ3v) is 5.50. The van der Waals surface area contributed by atoms with Gasteiger partial charge in [0.2, 0.25) is 5.91 Å². The van der Waals surface area contributed by atoms with Crippen LogP contribution in [0.2, 0.25) is 0 Å². The van der Waals surface area contributed by atoms with E-state index in [1.165, 1.54) is 14.6 Å². The lowest BCUT2D eigenvalue weighted by Gasteiger charge is -2.14. The van der Waals surface area contributed by atoms with Crippen molar-refractivity contribution in [3.8, 4) is 11.3 Å². The van der Waals surface area contributed by atoms with Gasteiger partial charge in [0.05, 0.1) is 12.3 Å². The number of carbonyl (C=O) groups is 1. The number of nitrogens with one attached hydrogen (secondary N) is 1. The second kappa shape index (κ2) is 9.62. The molecule has 0 saturated carbocycles. The molecule has 0 radical (unpaired) electrons. The van der Waals surface area contributed by atoms with E-state index >= 15 is 0 Å². The van der Waals surface area contributed by atoms with E-state index in [1.807, 2.05) is 55.5 Å². The Bertz CT molecular complexity index is 1260. The Morgan fingerprint density at radius 2 is 1.75 bits per heavy atom. The second-order valence-corrected chi connectivity index (χ2v) is 7.87. The number of benzene rings is 2. The highest BCUT2D eigenvalue weighted by Crippen LogP contribution is 2.24. The molecule has 7 heteroatoms. The monoisotopic (exact) mass is 430 g/mol. The summed E-state index contributed by atoms with van der Waals surface area (Å²) in [6.45, 7) is 1.54. The van der Waals surface area contributed by atoms with E-state index in [1.54, 1.807) is 12.4 Å². The van der Waals surface area contributed by atoms with E-state index in [4.69, 9.17) is 0 Å². The molecule has 7 nitrogen and oxygen atoms in total. The zero-order valence-corrected chi connectivity index (χ0v) is 17.9. The summed E-state index contributed by atoms with van der Waals surface area (Å²) >= 11 is 0. The molecule has 0 bridgehead atoms. The lowest BCUT2D eigenvalue weighted by Crippen LogP contribution is -2.37. The molecule has 0 aliphatic rings. The molecular weight excluding hydrogens is 404 g/mol. The van der Waals surface area contributed by atoms with Gasteiger partial charge in [0.25, 0.3) is 5.56 Å². The van der Waals surface area contributed by atoms with Crippen LogP contribution in [0.1, 0.15) is 24.5 Å². The SMILES string of the molecule is CC(CCc1ccccc1)NC(=O)Cn1ccn2nc(-c3ccccc3)c(CO)c2c1=O. The van der Waals surface area contributed by atoms with E-state index in [-0.39, 0.29) is 36.2 Å². The Morgan fingerprint density at radius 3 is 2.44 bits per heavy atom. The smallest absolute Gasteiger partial charge is 0.277 e. The molecule has 2 heterocycles. The number of amides is 1. The van der Waals surface area contributed by atoms with Gasteiger partial charge in [0.15, 0.2) is 0 Å². The molecule has 32 heavy (non-hydrogen) atoms. The van der Waals surface area contributed by atoms with Crippen LogP contribution < -0.4 is 10.9 Å². The fourth-order valence-electron chi connectivity index (χ4n) is 3.83. The lowest BCUT2D eigenvalue weighted by molar-refractivity contribution is -0.122. The quantitative estimate of drug-likeness (QED) is 0.450. The minimum atomic E-state index is -0.363. The first-order valence-electron chi connectivity index (χ1n) is 10.7. The predicted octanol–water partition coefficient (Wildman–Crippen LogP) is 2.79. The molecule has 0 saturated heterocycles. The Labute approximate surface area is 186 Å². The standard InChI is InChI=1S/C25H26N4O3/c1-18(12-13-19-8-4-2-5-9-19)26-22(31)16-28-14-15-29-24(25(28)32)21(17-30)23(27-29)20-10-6-3-7-11-20/h2-11,14-15,18,30H,12-13,16-17H2,1H3,(H,26,31). The van der Waals surface area contributed by atoms with Crippen LogP contribution in [-0.2, 0) is 24.4 Å². The fourth-order valence-corrected chi connectivity index (χ4v) is 3.83. The van der Waals surface area contributed by atoms with Gasteiger partial charge in [-0.05, 0) is 25.3 Å². The summed E-state index contributed by atoms with van der Waals surface area (Å²) in [5.74, 6) is -0.231. The molecule has 0 spiro atoms. The highest BCUT2D eigenvalue weighted by molar-refractivity contribution is 5.76. The van der Waals surface area contributed by atoms with E-state index in [0.29, 0.717) is 11.3 Å². The Balaban J connectivity index is 1.50. The van der Waals surface area contributed by atoms with Crippen molar-refractivity contribution < 1.29 is 9.90 Å². The van der Waals surface area contributed by atoms with Gasteiger partial charge in [-0.3, -0.25) is 9.59 Å². The summed E-state index contributed by atoms with van der Waals surface area (Å²) in [5, 5.41) is 17.4. The van der Waals surface area contributed by atoms with Crippen molar-refractivity contribution in [1.29, 1.82) is 0 Å². The van der Waals surface area contributed by atoms with Gasteiger partial charge in [-0.15, -0.1) is 0 Å². The molecule has 0 aliphatic heterocycles. The summed E-state index contributed by atoms with van der Waals surface area (Å²) < 4.78 is 2.82. The molecule has 2 aromatic heterocycles. The molecule has 0 aliphatic carbocycles. The van der Waals surface area contributed by atoms with E-state index in [0.717, 1.165) is 18.4 Å². The highest BCUT2D eigenvalue weighted by atomic mass is 16.3. The highest BCUT2D eigenvalue weighted by Gasteiger charge is 2.18. The average molecular weight is 431 g/mol. The van der Waals surface area contributed by atoms with Crippen LogP contribution in [0, 0.1) is 0 Å². The summed E-state index contributed by atoms with van der Waals surface area (Å²) in [6, 6.07) is 19.5. The minimum absolute atomic E-state index is 0.0187. The maximum atomic E-state index is 13.1. The van der Waals surface area contributed by atoms with Crippen LogP contribution >= 0.6 is 0 Å². The van der Waals surface area contributed by atoms with Gasteiger partial charge in [-0.25, -0.2) is 4.52 Å². The topological polar surface area (TPSA) is 88.6 Å². The van der Waals surface area contributed by atoms with Gasteiger partial charge >= 0.3 is 0 Å². The van der Waals surface area contributed by atoms with Crippen molar-refractivity contribution in [3.05, 3.63) is 94.5 Å².